The number of rotatable bonds is 6. The zero-order valence-electron chi connectivity index (χ0n) is 15.3. The molecular formula is C22H20N4O2. The van der Waals surface area contributed by atoms with Gasteiger partial charge in [-0.3, -0.25) is 4.79 Å². The number of nitrogens with one attached hydrogen (secondary N) is 1. The fourth-order valence-corrected chi connectivity index (χ4v) is 3.36. The second-order valence-corrected chi connectivity index (χ2v) is 7.21. The smallest absolute Gasteiger partial charge is 0.251 e. The maximum absolute atomic E-state index is 13.0. The number of nitrogens with zero attached hydrogens (tertiary/aromatic N) is 3. The van der Waals surface area contributed by atoms with E-state index in [9.17, 15) is 4.79 Å². The molecule has 6 heteroatoms. The predicted octanol–water partition coefficient (Wildman–Crippen LogP) is 4.07. The van der Waals surface area contributed by atoms with E-state index < -0.39 is 0 Å². The summed E-state index contributed by atoms with van der Waals surface area (Å²) in [5, 5.41) is 3.14. The van der Waals surface area contributed by atoms with Crippen molar-refractivity contribution in [3.05, 3.63) is 84.3 Å². The van der Waals surface area contributed by atoms with Crippen LogP contribution in [0.15, 0.2) is 71.7 Å². The first-order valence-corrected chi connectivity index (χ1v) is 9.48. The van der Waals surface area contributed by atoms with E-state index in [2.05, 4.69) is 15.3 Å². The zero-order chi connectivity index (χ0) is 18.9. The number of carbonyl (C=O) groups excluding carboxylic acids is 1. The van der Waals surface area contributed by atoms with E-state index >= 15 is 0 Å². The molecule has 1 atom stereocenters. The van der Waals surface area contributed by atoms with Gasteiger partial charge in [0.05, 0.1) is 12.4 Å². The largest absolute Gasteiger partial charge is 0.440 e. The van der Waals surface area contributed by atoms with Gasteiger partial charge in [0, 0.05) is 30.4 Å². The molecule has 1 amide bonds. The van der Waals surface area contributed by atoms with Crippen molar-refractivity contribution in [2.45, 2.75) is 31.3 Å². The molecule has 0 bridgehead atoms. The van der Waals surface area contributed by atoms with E-state index in [-0.39, 0.29) is 11.9 Å². The van der Waals surface area contributed by atoms with Gasteiger partial charge in [0.1, 0.15) is 5.52 Å². The van der Waals surface area contributed by atoms with Crippen LogP contribution in [0.25, 0.3) is 11.1 Å². The fraction of sp³-hybridized carbons (Fsp3) is 0.227. The number of imidazole rings is 1. The van der Waals surface area contributed by atoms with Crippen LogP contribution in [0.1, 0.15) is 46.6 Å². The quantitative estimate of drug-likeness (QED) is 0.554. The van der Waals surface area contributed by atoms with Gasteiger partial charge >= 0.3 is 0 Å². The molecule has 1 aliphatic rings. The normalized spacial score (nSPS) is 14.9. The van der Waals surface area contributed by atoms with Crippen LogP contribution in [0.5, 0.6) is 0 Å². The van der Waals surface area contributed by atoms with Crippen LogP contribution in [-0.4, -0.2) is 20.4 Å². The molecule has 140 valence electrons. The molecule has 6 nitrogen and oxygen atoms in total. The molecule has 0 saturated heterocycles. The average Bonchev–Trinajstić information content (AvgIpc) is 3.28. The molecule has 2 heterocycles. The lowest BCUT2D eigenvalue weighted by atomic mass is 10.1. The minimum Gasteiger partial charge on any atom is -0.440 e. The van der Waals surface area contributed by atoms with Crippen LogP contribution in [0.2, 0.25) is 0 Å². The van der Waals surface area contributed by atoms with E-state index in [0.717, 1.165) is 29.8 Å². The summed E-state index contributed by atoms with van der Waals surface area (Å²) in [7, 11) is 0. The molecule has 2 aromatic heterocycles. The standard InChI is InChI=1S/C22H20N4O2/c27-21(17-8-9-18-20(12-17)28-22(25-18)16-6-7-16)24-19(13-26-11-10-23-14-26)15-4-2-1-3-5-15/h1-5,8-12,14,16,19H,6-7,13H2,(H,24,27)/t19-/m0/s1. The number of benzene rings is 2. The molecule has 0 spiro atoms. The first kappa shape index (κ1) is 16.7. The summed E-state index contributed by atoms with van der Waals surface area (Å²) in [4.78, 5) is 21.6. The Morgan fingerprint density at radius 2 is 2.07 bits per heavy atom. The van der Waals surface area contributed by atoms with Gasteiger partial charge in [-0.25, -0.2) is 9.97 Å². The number of fused-ring (bicyclic) bond motifs is 1. The monoisotopic (exact) mass is 372 g/mol. The topological polar surface area (TPSA) is 73.0 Å². The summed E-state index contributed by atoms with van der Waals surface area (Å²) >= 11 is 0. The molecule has 0 aliphatic heterocycles. The van der Waals surface area contributed by atoms with Gasteiger partial charge in [-0.1, -0.05) is 30.3 Å². The Bertz CT molecular complexity index is 1100. The molecule has 1 saturated carbocycles. The lowest BCUT2D eigenvalue weighted by Crippen LogP contribution is -2.31. The summed E-state index contributed by atoms with van der Waals surface area (Å²) in [5.41, 5.74) is 3.08. The van der Waals surface area contributed by atoms with Crippen LogP contribution in [0.3, 0.4) is 0 Å². The van der Waals surface area contributed by atoms with Gasteiger partial charge in [0.2, 0.25) is 0 Å². The Morgan fingerprint density at radius 1 is 1.21 bits per heavy atom. The Balaban J connectivity index is 1.40. The highest BCUT2D eigenvalue weighted by atomic mass is 16.3. The van der Waals surface area contributed by atoms with Gasteiger partial charge in [-0.15, -0.1) is 0 Å². The Morgan fingerprint density at radius 3 is 2.82 bits per heavy atom. The maximum Gasteiger partial charge on any atom is 0.251 e. The number of hydrogen-bond donors (Lipinski definition) is 1. The first-order chi connectivity index (χ1) is 13.8. The average molecular weight is 372 g/mol. The Kier molecular flexibility index (Phi) is 4.16. The summed E-state index contributed by atoms with van der Waals surface area (Å²) in [5.74, 6) is 1.09. The van der Waals surface area contributed by atoms with Crippen molar-refractivity contribution in [1.29, 1.82) is 0 Å². The van der Waals surface area contributed by atoms with Gasteiger partial charge in [-0.2, -0.15) is 0 Å². The number of hydrogen-bond acceptors (Lipinski definition) is 4. The summed E-state index contributed by atoms with van der Waals surface area (Å²) in [6.07, 6.45) is 7.64. The zero-order valence-corrected chi connectivity index (χ0v) is 15.3. The fourth-order valence-electron chi connectivity index (χ4n) is 3.36. The van der Waals surface area contributed by atoms with E-state index in [1.807, 2.05) is 47.2 Å². The van der Waals surface area contributed by atoms with Gasteiger partial charge in [0.25, 0.3) is 5.91 Å². The molecule has 1 aliphatic carbocycles. The third-order valence-corrected chi connectivity index (χ3v) is 5.05. The molecule has 1 fully saturated rings. The minimum absolute atomic E-state index is 0.139. The van der Waals surface area contributed by atoms with Crippen molar-refractivity contribution in [1.82, 2.24) is 19.9 Å². The van der Waals surface area contributed by atoms with E-state index in [1.54, 1.807) is 24.7 Å². The van der Waals surface area contributed by atoms with Crippen LogP contribution in [0.4, 0.5) is 0 Å². The second-order valence-electron chi connectivity index (χ2n) is 7.21. The maximum atomic E-state index is 13.0. The highest BCUT2D eigenvalue weighted by molar-refractivity contribution is 5.97. The van der Waals surface area contributed by atoms with Crippen molar-refractivity contribution in [3.8, 4) is 0 Å². The van der Waals surface area contributed by atoms with Gasteiger partial charge in [-0.05, 0) is 36.6 Å². The van der Waals surface area contributed by atoms with Gasteiger partial charge in [0.15, 0.2) is 11.5 Å². The van der Waals surface area contributed by atoms with Crippen molar-refractivity contribution in [3.63, 3.8) is 0 Å². The lowest BCUT2D eigenvalue weighted by Gasteiger charge is -2.20. The van der Waals surface area contributed by atoms with Crippen molar-refractivity contribution < 1.29 is 9.21 Å². The molecule has 28 heavy (non-hydrogen) atoms. The van der Waals surface area contributed by atoms with Gasteiger partial charge < -0.3 is 14.3 Å². The molecule has 0 radical (unpaired) electrons. The number of oxazole rings is 1. The third kappa shape index (κ3) is 3.41. The Hall–Kier alpha value is -3.41. The van der Waals surface area contributed by atoms with Crippen LogP contribution in [0, 0.1) is 0 Å². The van der Waals surface area contributed by atoms with E-state index in [4.69, 9.17) is 4.42 Å². The third-order valence-electron chi connectivity index (χ3n) is 5.05. The number of carbonyl (C=O) groups is 1. The Labute approximate surface area is 162 Å². The van der Waals surface area contributed by atoms with Crippen LogP contribution < -0.4 is 5.32 Å². The predicted molar refractivity (Wildman–Crippen MR) is 105 cm³/mol. The molecular weight excluding hydrogens is 352 g/mol. The first-order valence-electron chi connectivity index (χ1n) is 9.48. The molecule has 0 unspecified atom stereocenters. The molecule has 1 N–H and O–H groups in total. The number of aromatic nitrogens is 3. The summed E-state index contributed by atoms with van der Waals surface area (Å²) in [6, 6.07) is 15.2. The minimum atomic E-state index is -0.171. The van der Waals surface area contributed by atoms with Crippen LogP contribution >= 0.6 is 0 Å². The summed E-state index contributed by atoms with van der Waals surface area (Å²) in [6.45, 7) is 0.603. The van der Waals surface area contributed by atoms with Crippen molar-refractivity contribution in [2.24, 2.45) is 0 Å². The highest BCUT2D eigenvalue weighted by Crippen LogP contribution is 2.40. The SMILES string of the molecule is O=C(N[C@@H](Cn1ccnc1)c1ccccc1)c1ccc2nc(C3CC3)oc2c1. The lowest BCUT2D eigenvalue weighted by molar-refractivity contribution is 0.0932. The summed E-state index contributed by atoms with van der Waals surface area (Å²) < 4.78 is 7.81. The van der Waals surface area contributed by atoms with E-state index in [0.29, 0.717) is 23.6 Å². The highest BCUT2D eigenvalue weighted by Gasteiger charge is 2.29. The number of amides is 1. The molecule has 2 aromatic carbocycles. The molecule has 4 aromatic rings. The van der Waals surface area contributed by atoms with Crippen molar-refractivity contribution in [2.75, 3.05) is 0 Å². The second kappa shape index (κ2) is 6.96. The molecule has 5 rings (SSSR count). The van der Waals surface area contributed by atoms with E-state index in [1.165, 1.54) is 0 Å². The van der Waals surface area contributed by atoms with Crippen LogP contribution in [-0.2, 0) is 6.54 Å². The van der Waals surface area contributed by atoms with Crippen molar-refractivity contribution >= 4 is 17.0 Å².